The average molecular weight is 397 g/mol. The Morgan fingerprint density at radius 2 is 2.03 bits per heavy atom. The molecular formula is C24H28FNO3. The van der Waals surface area contributed by atoms with Crippen LogP contribution < -0.4 is 0 Å². The molecule has 29 heavy (non-hydrogen) atoms. The van der Waals surface area contributed by atoms with Gasteiger partial charge in [-0.25, -0.2) is 4.39 Å². The number of likely N-dealkylation sites (N-methyl/N-ethyl adjacent to an activating group) is 1. The second-order valence-corrected chi connectivity index (χ2v) is 8.29. The summed E-state index contributed by atoms with van der Waals surface area (Å²) in [6, 6.07) is 4.35. The summed E-state index contributed by atoms with van der Waals surface area (Å²) in [6.45, 7) is 12.0. The molecule has 2 aliphatic carbocycles. The van der Waals surface area contributed by atoms with Crippen LogP contribution in [-0.2, 0) is 10.2 Å². The number of hydrogen-bond donors (Lipinski definition) is 0. The molecule has 0 saturated heterocycles. The summed E-state index contributed by atoms with van der Waals surface area (Å²) in [4.78, 5) is 15.6. The van der Waals surface area contributed by atoms with E-state index in [1.54, 1.807) is 6.07 Å². The van der Waals surface area contributed by atoms with Crippen LogP contribution in [0.5, 0.6) is 0 Å². The number of Topliss-reactive ketones (excluding diaryl/α,β-unsaturated/α-hetero) is 1. The van der Waals surface area contributed by atoms with E-state index in [4.69, 9.17) is 9.15 Å². The Balaban J connectivity index is 1.61. The first-order valence-electron chi connectivity index (χ1n) is 10.4. The van der Waals surface area contributed by atoms with Crippen molar-refractivity contribution in [3.63, 3.8) is 0 Å². The van der Waals surface area contributed by atoms with E-state index >= 15 is 0 Å². The van der Waals surface area contributed by atoms with E-state index in [1.165, 1.54) is 12.1 Å². The lowest BCUT2D eigenvalue weighted by Crippen LogP contribution is -2.35. The maximum Gasteiger partial charge on any atom is 0.197 e. The number of hydrogen-bond acceptors (Lipinski definition) is 4. The van der Waals surface area contributed by atoms with Crippen molar-refractivity contribution in [2.24, 2.45) is 0 Å². The van der Waals surface area contributed by atoms with Gasteiger partial charge in [0.25, 0.3) is 0 Å². The van der Waals surface area contributed by atoms with E-state index in [2.05, 4.69) is 32.6 Å². The molecule has 0 N–H and O–H groups in total. The molecule has 0 fully saturated rings. The van der Waals surface area contributed by atoms with E-state index in [9.17, 15) is 9.18 Å². The zero-order valence-electron chi connectivity index (χ0n) is 17.5. The quantitative estimate of drug-likeness (QED) is 0.686. The summed E-state index contributed by atoms with van der Waals surface area (Å²) in [6.07, 6.45) is 4.46. The highest BCUT2D eigenvalue weighted by molar-refractivity contribution is 6.20. The number of rotatable bonds is 6. The highest BCUT2D eigenvalue weighted by Crippen LogP contribution is 2.48. The Morgan fingerprint density at radius 1 is 1.28 bits per heavy atom. The number of ether oxygens (including phenoxy) is 1. The number of fused-ring (bicyclic) bond motifs is 3. The predicted molar refractivity (Wildman–Crippen MR) is 112 cm³/mol. The molecule has 4 rings (SSSR count). The van der Waals surface area contributed by atoms with Crippen molar-refractivity contribution in [1.82, 2.24) is 4.90 Å². The van der Waals surface area contributed by atoms with E-state index in [1.807, 2.05) is 12.2 Å². The number of furan rings is 1. The van der Waals surface area contributed by atoms with Gasteiger partial charge in [0.15, 0.2) is 5.78 Å². The van der Waals surface area contributed by atoms with Gasteiger partial charge in [0.05, 0.1) is 18.3 Å². The molecule has 0 aliphatic heterocycles. The van der Waals surface area contributed by atoms with Crippen molar-refractivity contribution in [3.8, 4) is 0 Å². The summed E-state index contributed by atoms with van der Waals surface area (Å²) in [5.41, 5.74) is 2.31. The number of halogens is 1. The number of nitrogens with zero attached hydrogens (tertiary/aromatic N) is 1. The fraction of sp³-hybridized carbons (Fsp3) is 0.458. The molecule has 0 spiro atoms. The van der Waals surface area contributed by atoms with Crippen LogP contribution in [0.4, 0.5) is 4.39 Å². The molecule has 1 unspecified atom stereocenters. The van der Waals surface area contributed by atoms with E-state index in [0.717, 1.165) is 25.2 Å². The molecule has 1 atom stereocenters. The zero-order valence-corrected chi connectivity index (χ0v) is 17.5. The third kappa shape index (κ3) is 3.36. The topological polar surface area (TPSA) is 42.7 Å². The van der Waals surface area contributed by atoms with Crippen LogP contribution in [0.3, 0.4) is 0 Å². The van der Waals surface area contributed by atoms with Gasteiger partial charge in [-0.2, -0.15) is 0 Å². The normalized spacial score (nSPS) is 20.5. The molecule has 1 aromatic carbocycles. The molecule has 4 nitrogen and oxygen atoms in total. The Kier molecular flexibility index (Phi) is 5.21. The molecule has 2 aromatic rings. The van der Waals surface area contributed by atoms with Crippen molar-refractivity contribution in [1.29, 1.82) is 0 Å². The minimum atomic E-state index is -0.459. The van der Waals surface area contributed by atoms with Gasteiger partial charge in [0.1, 0.15) is 17.2 Å². The van der Waals surface area contributed by atoms with Crippen molar-refractivity contribution in [2.45, 2.75) is 45.6 Å². The van der Waals surface area contributed by atoms with Crippen LogP contribution in [0, 0.1) is 5.82 Å². The Labute approximate surface area is 171 Å². The van der Waals surface area contributed by atoms with Gasteiger partial charge in [-0.05, 0) is 50.7 Å². The third-order valence-electron chi connectivity index (χ3n) is 6.29. The van der Waals surface area contributed by atoms with Crippen LogP contribution in [0.1, 0.15) is 50.2 Å². The first-order valence-corrected chi connectivity index (χ1v) is 10.4. The minimum absolute atomic E-state index is 0.0558. The van der Waals surface area contributed by atoms with Crippen molar-refractivity contribution in [3.05, 3.63) is 58.6 Å². The lowest BCUT2D eigenvalue weighted by atomic mass is 9.68. The maximum absolute atomic E-state index is 13.8. The highest BCUT2D eigenvalue weighted by atomic mass is 19.1. The summed E-state index contributed by atoms with van der Waals surface area (Å²) in [7, 11) is 0. The van der Waals surface area contributed by atoms with Gasteiger partial charge in [0, 0.05) is 29.3 Å². The zero-order chi connectivity index (χ0) is 20.8. The Bertz CT molecular complexity index is 1010. The lowest BCUT2D eigenvalue weighted by molar-refractivity contribution is 0.0634. The molecule has 2 aliphatic rings. The summed E-state index contributed by atoms with van der Waals surface area (Å²) >= 11 is 0. The molecule has 0 radical (unpaired) electrons. The number of carbonyl (C=O) groups is 1. The molecule has 1 aromatic heterocycles. The van der Waals surface area contributed by atoms with Gasteiger partial charge in [-0.15, -0.1) is 0 Å². The van der Waals surface area contributed by atoms with Gasteiger partial charge in [-0.3, -0.25) is 4.79 Å². The van der Waals surface area contributed by atoms with Gasteiger partial charge >= 0.3 is 0 Å². The van der Waals surface area contributed by atoms with Crippen LogP contribution in [0.15, 0.2) is 45.9 Å². The van der Waals surface area contributed by atoms with Crippen molar-refractivity contribution >= 4 is 16.8 Å². The average Bonchev–Trinajstić information content (AvgIpc) is 3.09. The van der Waals surface area contributed by atoms with Crippen LogP contribution >= 0.6 is 0 Å². The maximum atomic E-state index is 13.8. The van der Waals surface area contributed by atoms with Gasteiger partial charge in [-0.1, -0.05) is 26.0 Å². The summed E-state index contributed by atoms with van der Waals surface area (Å²) in [5, 5.41) is 0.552. The van der Waals surface area contributed by atoms with Crippen molar-refractivity contribution < 1.29 is 18.3 Å². The van der Waals surface area contributed by atoms with E-state index < -0.39 is 5.41 Å². The second kappa shape index (κ2) is 7.54. The molecule has 0 amide bonds. The number of carbonyl (C=O) groups excluding carboxylic acids is 1. The smallest absolute Gasteiger partial charge is 0.197 e. The molecular weight excluding hydrogens is 369 g/mol. The molecule has 0 saturated carbocycles. The first kappa shape index (κ1) is 20.0. The van der Waals surface area contributed by atoms with Gasteiger partial charge < -0.3 is 14.1 Å². The predicted octanol–water partition coefficient (Wildman–Crippen LogP) is 5.03. The van der Waals surface area contributed by atoms with Crippen LogP contribution in [-0.4, -0.2) is 43.0 Å². The monoisotopic (exact) mass is 397 g/mol. The van der Waals surface area contributed by atoms with Crippen LogP contribution in [0.2, 0.25) is 0 Å². The first-order chi connectivity index (χ1) is 13.9. The SMILES string of the molecule is CCN(CC)CCOC1C=CC2=C(C1)C(C)(C)c1oc3ccc(F)cc3c1C2=O. The lowest BCUT2D eigenvalue weighted by Gasteiger charge is -2.36. The fourth-order valence-electron chi connectivity index (χ4n) is 4.48. The summed E-state index contributed by atoms with van der Waals surface area (Å²) < 4.78 is 26.0. The van der Waals surface area contributed by atoms with Crippen molar-refractivity contribution in [2.75, 3.05) is 26.2 Å². The van der Waals surface area contributed by atoms with Gasteiger partial charge in [0.2, 0.25) is 0 Å². The van der Waals surface area contributed by atoms with E-state index in [0.29, 0.717) is 40.9 Å². The molecule has 1 heterocycles. The molecule has 0 bridgehead atoms. The summed E-state index contributed by atoms with van der Waals surface area (Å²) in [5.74, 6) is 0.169. The third-order valence-corrected chi connectivity index (χ3v) is 6.29. The van der Waals surface area contributed by atoms with Crippen LogP contribution in [0.25, 0.3) is 11.0 Å². The molecule has 5 heteroatoms. The Morgan fingerprint density at radius 3 is 2.76 bits per heavy atom. The number of benzene rings is 1. The number of ketones is 1. The Hall–Kier alpha value is -2.24. The van der Waals surface area contributed by atoms with E-state index in [-0.39, 0.29) is 17.7 Å². The highest BCUT2D eigenvalue weighted by Gasteiger charge is 2.44. The molecule has 154 valence electrons. The fourth-order valence-corrected chi connectivity index (χ4v) is 4.48. The largest absolute Gasteiger partial charge is 0.459 e. The standard InChI is InChI=1S/C24H28FNO3/c1-5-26(6-2)11-12-28-16-8-9-17-19(14-16)24(3,4)23-21(22(17)27)18-13-15(25)7-10-20(18)29-23/h7-10,13,16H,5-6,11-12,14H2,1-4H3. The second-order valence-electron chi connectivity index (χ2n) is 8.29. The minimum Gasteiger partial charge on any atom is -0.459 e. The number of allylic oxidation sites excluding steroid dienone is 2.